The van der Waals surface area contributed by atoms with E-state index in [2.05, 4.69) is 15.6 Å². The Morgan fingerprint density at radius 3 is 2.96 bits per heavy atom. The van der Waals surface area contributed by atoms with E-state index >= 15 is 0 Å². The highest BCUT2D eigenvalue weighted by Gasteiger charge is 2.27. The Hall–Kier alpha value is -1.62. The van der Waals surface area contributed by atoms with Crippen LogP contribution in [0, 0.1) is 6.92 Å². The third-order valence-electron chi connectivity index (χ3n) is 5.15. The molecule has 0 aromatic carbocycles. The lowest BCUT2D eigenvalue weighted by Gasteiger charge is -2.33. The molecule has 1 saturated heterocycles. The molecule has 0 radical (unpaired) electrons. The number of likely N-dealkylation sites (tertiary alicyclic amines) is 1. The average molecular weight is 329 g/mol. The van der Waals surface area contributed by atoms with Gasteiger partial charge >= 0.3 is 0 Å². The Balaban J connectivity index is 1.52. The summed E-state index contributed by atoms with van der Waals surface area (Å²) in [6, 6.07) is 2.53. The number of rotatable bonds is 2. The first-order valence-electron chi connectivity index (χ1n) is 8.62. The maximum Gasteiger partial charge on any atom is 0.264 e. The quantitative estimate of drug-likeness (QED) is 0.844. The van der Waals surface area contributed by atoms with Gasteiger partial charge < -0.3 is 9.47 Å². The first kappa shape index (κ1) is 14.9. The van der Waals surface area contributed by atoms with Crippen molar-refractivity contribution in [1.29, 1.82) is 0 Å². The van der Waals surface area contributed by atoms with Crippen molar-refractivity contribution in [3.05, 3.63) is 39.6 Å². The molecule has 4 rings (SSSR count). The minimum Gasteiger partial charge on any atom is -0.336 e. The molecular formula is C18H23N3OS. The third kappa shape index (κ3) is 2.82. The average Bonchev–Trinajstić information content (AvgIpc) is 3.20. The van der Waals surface area contributed by atoms with E-state index in [1.165, 1.54) is 23.3 Å². The van der Waals surface area contributed by atoms with Gasteiger partial charge in [-0.05, 0) is 57.1 Å². The Labute approximate surface area is 141 Å². The van der Waals surface area contributed by atoms with Crippen LogP contribution in [0.15, 0.2) is 18.5 Å². The lowest BCUT2D eigenvalue weighted by Crippen LogP contribution is -2.40. The van der Waals surface area contributed by atoms with Crippen molar-refractivity contribution in [3.8, 4) is 0 Å². The predicted octanol–water partition coefficient (Wildman–Crippen LogP) is 3.61. The number of fused-ring (bicyclic) bond motifs is 1. The fraction of sp³-hybridized carbons (Fsp3) is 0.556. The second-order valence-corrected chi connectivity index (χ2v) is 7.83. The first-order valence-corrected chi connectivity index (χ1v) is 9.44. The van der Waals surface area contributed by atoms with Crippen molar-refractivity contribution < 1.29 is 4.79 Å². The Morgan fingerprint density at radius 2 is 2.17 bits per heavy atom. The van der Waals surface area contributed by atoms with Crippen LogP contribution in [0.1, 0.15) is 57.7 Å². The molecule has 3 heterocycles. The lowest BCUT2D eigenvalue weighted by atomic mass is 9.99. The molecule has 2 aromatic heterocycles. The van der Waals surface area contributed by atoms with Gasteiger partial charge in [-0.25, -0.2) is 4.98 Å². The minimum absolute atomic E-state index is 0.229. The highest BCUT2D eigenvalue weighted by atomic mass is 32.1. The number of piperidine rings is 1. The molecule has 1 aliphatic carbocycles. The fourth-order valence-corrected chi connectivity index (χ4v) is 5.11. The molecule has 2 aromatic rings. The molecule has 1 aliphatic heterocycles. The second kappa shape index (κ2) is 6.11. The number of amides is 1. The van der Waals surface area contributed by atoms with Gasteiger partial charge in [0, 0.05) is 30.4 Å². The smallest absolute Gasteiger partial charge is 0.264 e. The topological polar surface area (TPSA) is 38.1 Å². The maximum absolute atomic E-state index is 12.9. The molecule has 0 saturated carbocycles. The van der Waals surface area contributed by atoms with Crippen LogP contribution in [0.5, 0.6) is 0 Å². The largest absolute Gasteiger partial charge is 0.336 e. The van der Waals surface area contributed by atoms with Crippen LogP contribution in [0.2, 0.25) is 0 Å². The molecule has 4 nitrogen and oxygen atoms in total. The van der Waals surface area contributed by atoms with Crippen molar-refractivity contribution in [1.82, 2.24) is 14.5 Å². The first-order chi connectivity index (χ1) is 11.2. The molecule has 1 unspecified atom stereocenters. The monoisotopic (exact) mass is 329 g/mol. The van der Waals surface area contributed by atoms with Crippen molar-refractivity contribution in [3.63, 3.8) is 0 Å². The molecule has 5 heteroatoms. The number of aryl methyl sites for hydroxylation is 3. The summed E-state index contributed by atoms with van der Waals surface area (Å²) in [5.74, 6) is 1.27. The molecule has 2 aliphatic rings. The van der Waals surface area contributed by atoms with Crippen LogP contribution in [0.3, 0.4) is 0 Å². The second-order valence-electron chi connectivity index (χ2n) is 6.70. The van der Waals surface area contributed by atoms with E-state index < -0.39 is 0 Å². The molecule has 23 heavy (non-hydrogen) atoms. The van der Waals surface area contributed by atoms with Crippen LogP contribution in [0.4, 0.5) is 0 Å². The summed E-state index contributed by atoms with van der Waals surface area (Å²) < 4.78 is 2.22. The van der Waals surface area contributed by atoms with E-state index in [1.807, 2.05) is 24.2 Å². The van der Waals surface area contributed by atoms with Gasteiger partial charge in [-0.3, -0.25) is 4.79 Å². The summed E-state index contributed by atoms with van der Waals surface area (Å²) in [6.07, 6.45) is 10.9. The fourth-order valence-electron chi connectivity index (χ4n) is 3.89. The SMILES string of the molecule is Cc1nccn1C1CCCN(C(=O)c2cc3c(s2)CCCC3)C1. The Bertz CT molecular complexity index is 694. The van der Waals surface area contributed by atoms with E-state index in [-0.39, 0.29) is 5.91 Å². The summed E-state index contributed by atoms with van der Waals surface area (Å²) in [5, 5.41) is 0. The lowest BCUT2D eigenvalue weighted by molar-refractivity contribution is 0.0683. The van der Waals surface area contributed by atoms with E-state index in [4.69, 9.17) is 0 Å². The number of hydrogen-bond acceptors (Lipinski definition) is 3. The number of aromatic nitrogens is 2. The van der Waals surface area contributed by atoms with E-state index in [9.17, 15) is 4.79 Å². The molecule has 1 atom stereocenters. The third-order valence-corrected chi connectivity index (χ3v) is 6.37. The summed E-state index contributed by atoms with van der Waals surface area (Å²) in [5.41, 5.74) is 1.42. The molecule has 0 spiro atoms. The van der Waals surface area contributed by atoms with Gasteiger partial charge in [0.25, 0.3) is 5.91 Å². The van der Waals surface area contributed by atoms with Crippen LogP contribution < -0.4 is 0 Å². The van der Waals surface area contributed by atoms with Gasteiger partial charge in [0.15, 0.2) is 0 Å². The van der Waals surface area contributed by atoms with E-state index in [0.29, 0.717) is 6.04 Å². The summed E-state index contributed by atoms with van der Waals surface area (Å²) >= 11 is 1.73. The molecule has 0 N–H and O–H groups in total. The maximum atomic E-state index is 12.9. The van der Waals surface area contributed by atoms with Crippen molar-refractivity contribution in [2.45, 2.75) is 51.5 Å². The number of imidazole rings is 1. The van der Waals surface area contributed by atoms with Crippen molar-refractivity contribution in [2.75, 3.05) is 13.1 Å². The molecule has 1 amide bonds. The summed E-state index contributed by atoms with van der Waals surface area (Å²) in [4.78, 5) is 21.7. The van der Waals surface area contributed by atoms with Crippen LogP contribution in [-0.4, -0.2) is 33.4 Å². The number of hydrogen-bond donors (Lipinski definition) is 0. The predicted molar refractivity (Wildman–Crippen MR) is 92.1 cm³/mol. The van der Waals surface area contributed by atoms with E-state index in [0.717, 1.165) is 49.5 Å². The number of nitrogens with zero attached hydrogens (tertiary/aromatic N) is 3. The van der Waals surface area contributed by atoms with Crippen LogP contribution in [0.25, 0.3) is 0 Å². The van der Waals surface area contributed by atoms with Crippen LogP contribution >= 0.6 is 11.3 Å². The van der Waals surface area contributed by atoms with Gasteiger partial charge in [-0.1, -0.05) is 0 Å². The molecule has 0 bridgehead atoms. The molecular weight excluding hydrogens is 306 g/mol. The number of carbonyl (C=O) groups is 1. The zero-order chi connectivity index (χ0) is 15.8. The Morgan fingerprint density at radius 1 is 1.30 bits per heavy atom. The van der Waals surface area contributed by atoms with Gasteiger partial charge in [0.05, 0.1) is 10.9 Å². The van der Waals surface area contributed by atoms with Crippen molar-refractivity contribution in [2.24, 2.45) is 0 Å². The van der Waals surface area contributed by atoms with Gasteiger partial charge in [-0.2, -0.15) is 0 Å². The Kier molecular flexibility index (Phi) is 3.97. The zero-order valence-electron chi connectivity index (χ0n) is 13.6. The van der Waals surface area contributed by atoms with Crippen molar-refractivity contribution >= 4 is 17.2 Å². The van der Waals surface area contributed by atoms with Gasteiger partial charge in [0.2, 0.25) is 0 Å². The highest BCUT2D eigenvalue weighted by molar-refractivity contribution is 7.14. The summed E-state index contributed by atoms with van der Waals surface area (Å²) in [7, 11) is 0. The zero-order valence-corrected chi connectivity index (χ0v) is 14.4. The van der Waals surface area contributed by atoms with Gasteiger partial charge in [-0.15, -0.1) is 11.3 Å². The highest BCUT2D eigenvalue weighted by Crippen LogP contribution is 2.31. The summed E-state index contributed by atoms with van der Waals surface area (Å²) in [6.45, 7) is 3.72. The normalized spacial score (nSPS) is 21.3. The molecule has 1 fully saturated rings. The standard InChI is InChI=1S/C18H23N3OS/c1-13-19-8-10-21(13)15-6-4-9-20(12-15)18(22)17-11-14-5-2-3-7-16(14)23-17/h8,10-11,15H,2-7,9,12H2,1H3. The van der Waals surface area contributed by atoms with E-state index in [1.54, 1.807) is 11.3 Å². The minimum atomic E-state index is 0.229. The number of thiophene rings is 1. The van der Waals surface area contributed by atoms with Gasteiger partial charge in [0.1, 0.15) is 5.82 Å². The number of carbonyl (C=O) groups excluding carboxylic acids is 1. The van der Waals surface area contributed by atoms with Crippen LogP contribution in [-0.2, 0) is 12.8 Å². The molecule has 122 valence electrons.